The Morgan fingerprint density at radius 2 is 2.08 bits per heavy atom. The molecule has 1 saturated heterocycles. The second-order valence-corrected chi connectivity index (χ2v) is 8.37. The molecule has 0 amide bonds. The number of nitrogens with two attached hydrogens (primary N) is 1. The van der Waals surface area contributed by atoms with Crippen LogP contribution in [0, 0.1) is 5.92 Å². The summed E-state index contributed by atoms with van der Waals surface area (Å²) in [5.74, 6) is 0.624. The van der Waals surface area contributed by atoms with Crippen LogP contribution in [-0.4, -0.2) is 40.2 Å². The molecule has 7 nitrogen and oxygen atoms in total. The first-order chi connectivity index (χ1) is 11.9. The molecule has 0 radical (unpaired) electrons. The molecule has 0 spiro atoms. The third kappa shape index (κ3) is 6.64. The van der Waals surface area contributed by atoms with E-state index in [9.17, 15) is 8.42 Å². The van der Waals surface area contributed by atoms with E-state index < -0.39 is 10.0 Å². The van der Waals surface area contributed by atoms with Crippen LogP contribution in [0.1, 0.15) is 32.3 Å². The summed E-state index contributed by atoms with van der Waals surface area (Å²) in [7, 11) is -3.46. The van der Waals surface area contributed by atoms with Gasteiger partial charge in [0.2, 0.25) is 10.0 Å². The Morgan fingerprint density at radius 1 is 1.36 bits per heavy atom. The number of benzene rings is 1. The highest BCUT2D eigenvalue weighted by Crippen LogP contribution is 2.12. The highest BCUT2D eigenvalue weighted by Gasteiger charge is 2.15. The molecule has 8 heteroatoms. The molecule has 1 aromatic carbocycles. The van der Waals surface area contributed by atoms with Crippen LogP contribution in [0.25, 0.3) is 0 Å². The van der Waals surface area contributed by atoms with Gasteiger partial charge in [0.15, 0.2) is 5.96 Å². The second-order valence-electron chi connectivity index (χ2n) is 6.61. The van der Waals surface area contributed by atoms with Gasteiger partial charge in [-0.15, -0.1) is 0 Å². The first kappa shape index (κ1) is 19.7. The minimum absolute atomic E-state index is 0.205. The smallest absolute Gasteiger partial charge is 0.240 e. The fourth-order valence-electron chi connectivity index (χ4n) is 2.39. The number of guanidine groups is 1. The largest absolute Gasteiger partial charge is 0.376 e. The maximum Gasteiger partial charge on any atom is 0.240 e. The summed E-state index contributed by atoms with van der Waals surface area (Å²) in [6, 6.07) is 6.68. The fraction of sp³-hybridized carbons (Fsp3) is 0.588. The van der Waals surface area contributed by atoms with Gasteiger partial charge in [-0.2, -0.15) is 0 Å². The molecule has 1 heterocycles. The molecule has 2 rings (SSSR count). The Balaban J connectivity index is 1.85. The Bertz CT molecular complexity index is 666. The van der Waals surface area contributed by atoms with Crippen molar-refractivity contribution >= 4 is 16.0 Å². The predicted octanol–water partition coefficient (Wildman–Crippen LogP) is 1.20. The van der Waals surface area contributed by atoms with Crippen molar-refractivity contribution < 1.29 is 13.2 Å². The van der Waals surface area contributed by atoms with E-state index in [-0.39, 0.29) is 16.9 Å². The lowest BCUT2D eigenvalue weighted by molar-refractivity contribution is 0.114. The van der Waals surface area contributed by atoms with Gasteiger partial charge in [0.05, 0.1) is 17.5 Å². The predicted molar refractivity (Wildman–Crippen MR) is 98.8 cm³/mol. The molecule has 1 atom stereocenters. The summed E-state index contributed by atoms with van der Waals surface area (Å²) in [6.07, 6.45) is 2.34. The zero-order valence-electron chi connectivity index (χ0n) is 14.9. The van der Waals surface area contributed by atoms with Crippen molar-refractivity contribution in [2.24, 2.45) is 16.6 Å². The van der Waals surface area contributed by atoms with E-state index in [1.165, 1.54) is 0 Å². The van der Waals surface area contributed by atoms with Gasteiger partial charge in [-0.3, -0.25) is 0 Å². The lowest BCUT2D eigenvalue weighted by Gasteiger charge is -2.11. The quantitative estimate of drug-likeness (QED) is 0.472. The molecule has 1 unspecified atom stereocenters. The first-order valence-electron chi connectivity index (χ1n) is 8.61. The van der Waals surface area contributed by atoms with E-state index in [0.29, 0.717) is 25.6 Å². The average Bonchev–Trinajstić information content (AvgIpc) is 3.10. The maximum atomic E-state index is 12.1. The van der Waals surface area contributed by atoms with Crippen molar-refractivity contribution in [2.45, 2.75) is 44.2 Å². The summed E-state index contributed by atoms with van der Waals surface area (Å²) in [5.41, 5.74) is 6.74. The van der Waals surface area contributed by atoms with E-state index in [4.69, 9.17) is 10.5 Å². The lowest BCUT2D eigenvalue weighted by atomic mass is 10.2. The normalized spacial score (nSPS) is 18.7. The van der Waals surface area contributed by atoms with E-state index in [1.807, 2.05) is 13.8 Å². The Hall–Kier alpha value is -1.64. The molecular formula is C17H28N4O3S. The Morgan fingerprint density at radius 3 is 2.68 bits per heavy atom. The molecule has 0 bridgehead atoms. The van der Waals surface area contributed by atoms with Crippen LogP contribution in [0.15, 0.2) is 34.2 Å². The van der Waals surface area contributed by atoms with Crippen molar-refractivity contribution in [2.75, 3.05) is 19.7 Å². The summed E-state index contributed by atoms with van der Waals surface area (Å²) < 4.78 is 32.4. The van der Waals surface area contributed by atoms with Gasteiger partial charge < -0.3 is 15.8 Å². The van der Waals surface area contributed by atoms with Crippen LogP contribution in [0.2, 0.25) is 0 Å². The van der Waals surface area contributed by atoms with E-state index in [1.54, 1.807) is 24.3 Å². The van der Waals surface area contributed by atoms with Gasteiger partial charge in [-0.1, -0.05) is 26.0 Å². The number of ether oxygens (including phenoxy) is 1. The van der Waals surface area contributed by atoms with Gasteiger partial charge in [0, 0.05) is 19.7 Å². The molecule has 0 saturated carbocycles. The third-order valence-electron chi connectivity index (χ3n) is 3.88. The summed E-state index contributed by atoms with van der Waals surface area (Å²) in [6.45, 7) is 6.20. The lowest BCUT2D eigenvalue weighted by Crippen LogP contribution is -2.37. The number of nitrogens with zero attached hydrogens (tertiary/aromatic N) is 1. The van der Waals surface area contributed by atoms with Crippen LogP contribution in [0.4, 0.5) is 0 Å². The Kier molecular flexibility index (Phi) is 7.22. The van der Waals surface area contributed by atoms with E-state index in [2.05, 4.69) is 15.0 Å². The summed E-state index contributed by atoms with van der Waals surface area (Å²) in [5, 5.41) is 3.05. The standard InChI is InChI=1S/C17H28N4O3S/c1-13(2)10-21-25(22,23)16-7-5-14(6-8-16)11-19-17(18)20-12-15-4-3-9-24-15/h5-8,13,15,21H,3-4,9-12H2,1-2H3,(H3,18,19,20). The molecule has 140 valence electrons. The molecule has 0 aromatic heterocycles. The van der Waals surface area contributed by atoms with Crippen LogP contribution < -0.4 is 15.8 Å². The SMILES string of the molecule is CC(C)CNS(=O)(=O)c1ccc(CN=C(N)NCC2CCCO2)cc1. The molecule has 25 heavy (non-hydrogen) atoms. The van der Waals surface area contributed by atoms with Crippen molar-refractivity contribution in [1.82, 2.24) is 10.0 Å². The molecule has 1 aliphatic rings. The maximum absolute atomic E-state index is 12.1. The van der Waals surface area contributed by atoms with Crippen LogP contribution in [0.5, 0.6) is 0 Å². The van der Waals surface area contributed by atoms with Gasteiger partial charge in [0.1, 0.15) is 0 Å². The van der Waals surface area contributed by atoms with Gasteiger partial charge in [-0.25, -0.2) is 18.1 Å². The molecule has 1 aromatic rings. The minimum Gasteiger partial charge on any atom is -0.376 e. The Labute approximate surface area is 150 Å². The number of hydrogen-bond donors (Lipinski definition) is 3. The molecule has 1 aliphatic heterocycles. The van der Waals surface area contributed by atoms with E-state index in [0.717, 1.165) is 25.0 Å². The number of nitrogens with one attached hydrogen (secondary N) is 2. The third-order valence-corrected chi connectivity index (χ3v) is 5.32. The van der Waals surface area contributed by atoms with Gasteiger partial charge >= 0.3 is 0 Å². The van der Waals surface area contributed by atoms with E-state index >= 15 is 0 Å². The van der Waals surface area contributed by atoms with Crippen molar-refractivity contribution in [3.05, 3.63) is 29.8 Å². The first-order valence-corrected chi connectivity index (χ1v) is 10.1. The molecule has 1 fully saturated rings. The number of hydrogen-bond acceptors (Lipinski definition) is 4. The fourth-order valence-corrected chi connectivity index (χ4v) is 3.60. The van der Waals surface area contributed by atoms with Crippen LogP contribution in [0.3, 0.4) is 0 Å². The van der Waals surface area contributed by atoms with Crippen LogP contribution >= 0.6 is 0 Å². The van der Waals surface area contributed by atoms with Gasteiger partial charge in [0.25, 0.3) is 0 Å². The molecular weight excluding hydrogens is 340 g/mol. The zero-order valence-corrected chi connectivity index (χ0v) is 15.7. The van der Waals surface area contributed by atoms with Crippen molar-refractivity contribution in [3.8, 4) is 0 Å². The zero-order chi connectivity index (χ0) is 18.3. The highest BCUT2D eigenvalue weighted by atomic mass is 32.2. The summed E-state index contributed by atoms with van der Waals surface area (Å²) in [4.78, 5) is 4.52. The minimum atomic E-state index is -3.46. The molecule has 0 aliphatic carbocycles. The van der Waals surface area contributed by atoms with Crippen molar-refractivity contribution in [1.29, 1.82) is 0 Å². The van der Waals surface area contributed by atoms with Crippen molar-refractivity contribution in [3.63, 3.8) is 0 Å². The average molecular weight is 369 g/mol. The second kappa shape index (κ2) is 9.17. The number of aliphatic imine (C=N–C) groups is 1. The van der Waals surface area contributed by atoms with Crippen LogP contribution in [-0.2, 0) is 21.3 Å². The number of sulfonamides is 1. The van der Waals surface area contributed by atoms with Gasteiger partial charge in [-0.05, 0) is 36.5 Å². The highest BCUT2D eigenvalue weighted by molar-refractivity contribution is 7.89. The number of rotatable bonds is 8. The molecule has 4 N–H and O–H groups in total. The summed E-state index contributed by atoms with van der Waals surface area (Å²) >= 11 is 0. The monoisotopic (exact) mass is 368 g/mol. The topological polar surface area (TPSA) is 106 Å².